The van der Waals surface area contributed by atoms with E-state index in [1.165, 1.54) is 12.1 Å². The second-order valence-corrected chi connectivity index (χ2v) is 7.97. The highest BCUT2D eigenvalue weighted by molar-refractivity contribution is 7.93. The summed E-state index contributed by atoms with van der Waals surface area (Å²) in [7, 11) is -4.02. The molecule has 2 N–H and O–H groups in total. The third kappa shape index (κ3) is 3.74. The van der Waals surface area contributed by atoms with Crippen molar-refractivity contribution in [1.82, 2.24) is 10.3 Å². The van der Waals surface area contributed by atoms with Crippen LogP contribution in [0.2, 0.25) is 0 Å². The maximum atomic E-state index is 13.9. The van der Waals surface area contributed by atoms with Crippen molar-refractivity contribution in [3.8, 4) is 5.75 Å². The van der Waals surface area contributed by atoms with Gasteiger partial charge in [-0.25, -0.2) is 17.8 Å². The molecule has 0 spiro atoms. The van der Waals surface area contributed by atoms with Crippen LogP contribution in [-0.4, -0.2) is 32.5 Å². The number of carbonyl (C=O) groups is 1. The first-order valence-corrected chi connectivity index (χ1v) is 9.93. The molecular weight excluding hydrogens is 369 g/mol. The molecule has 0 fully saturated rings. The van der Waals surface area contributed by atoms with E-state index in [9.17, 15) is 17.6 Å². The summed E-state index contributed by atoms with van der Waals surface area (Å²) in [5, 5.41) is 2.80. The molecule has 10 heteroatoms. The molecule has 0 unspecified atom stereocenters. The minimum Gasteiger partial charge on any atom is -0.491 e. The molecule has 0 aliphatic carbocycles. The third-order valence-electron chi connectivity index (χ3n) is 3.51. The lowest BCUT2D eigenvalue weighted by Gasteiger charge is -2.08. The summed E-state index contributed by atoms with van der Waals surface area (Å²) in [6.07, 6.45) is 1.32. The first-order valence-electron chi connectivity index (χ1n) is 7.64. The van der Waals surface area contributed by atoms with Crippen molar-refractivity contribution in [2.45, 2.75) is 24.7 Å². The highest BCUT2D eigenvalue weighted by Crippen LogP contribution is 2.28. The molecule has 1 aromatic carbocycles. The number of amides is 1. The lowest BCUT2D eigenvalue weighted by atomic mass is 10.2. The molecule has 3 rings (SSSR count). The van der Waals surface area contributed by atoms with Crippen LogP contribution in [0.5, 0.6) is 5.75 Å². The number of benzene rings is 1. The van der Waals surface area contributed by atoms with Gasteiger partial charge in [0.25, 0.3) is 15.9 Å². The van der Waals surface area contributed by atoms with Gasteiger partial charge < -0.3 is 10.1 Å². The Morgan fingerprint density at radius 2 is 2.24 bits per heavy atom. The van der Waals surface area contributed by atoms with Crippen LogP contribution >= 0.6 is 11.3 Å². The number of aryl methyl sites for hydroxylation is 1. The Balaban J connectivity index is 1.86. The van der Waals surface area contributed by atoms with Crippen LogP contribution in [0.25, 0.3) is 0 Å². The number of halogens is 1. The number of fused-ring (bicyclic) bond motifs is 1. The van der Waals surface area contributed by atoms with E-state index >= 15 is 0 Å². The Morgan fingerprint density at radius 3 is 2.96 bits per heavy atom. The van der Waals surface area contributed by atoms with Crippen LogP contribution in [0.3, 0.4) is 0 Å². The van der Waals surface area contributed by atoms with Gasteiger partial charge in [0.1, 0.15) is 4.88 Å². The van der Waals surface area contributed by atoms with Crippen LogP contribution in [0.4, 0.5) is 9.52 Å². The van der Waals surface area contributed by atoms with Gasteiger partial charge in [0, 0.05) is 6.54 Å². The van der Waals surface area contributed by atoms with Crippen molar-refractivity contribution in [1.29, 1.82) is 0 Å². The summed E-state index contributed by atoms with van der Waals surface area (Å²) in [4.78, 5) is 16.3. The summed E-state index contributed by atoms with van der Waals surface area (Å²) in [5.74, 6) is -1.04. The van der Waals surface area contributed by atoms with Gasteiger partial charge in [-0.1, -0.05) is 11.3 Å². The molecule has 25 heavy (non-hydrogen) atoms. The average molecular weight is 385 g/mol. The van der Waals surface area contributed by atoms with Gasteiger partial charge >= 0.3 is 0 Å². The Morgan fingerprint density at radius 1 is 1.44 bits per heavy atom. The van der Waals surface area contributed by atoms with Crippen molar-refractivity contribution < 1.29 is 22.3 Å². The highest BCUT2D eigenvalue weighted by Gasteiger charge is 2.24. The van der Waals surface area contributed by atoms with Crippen LogP contribution in [0.1, 0.15) is 28.7 Å². The standard InChI is InChI=1S/C15H16FN3O4S2/c1-2-23-12-6-5-9(8-10(12)16)25(21,22)19-15-18-11-4-3-7-17-14(20)13(11)24-15/h5-6,8H,2-4,7H2,1H3,(H,17,20)(H,18,19). The third-order valence-corrected chi connectivity index (χ3v) is 5.99. The first-order chi connectivity index (χ1) is 11.9. The van der Waals surface area contributed by atoms with Gasteiger partial charge in [0.15, 0.2) is 16.7 Å². The number of nitrogens with zero attached hydrogens (tertiary/aromatic N) is 1. The summed E-state index contributed by atoms with van der Waals surface area (Å²) in [5.41, 5.74) is 0.565. The van der Waals surface area contributed by atoms with Crippen molar-refractivity contribution >= 4 is 32.4 Å². The summed E-state index contributed by atoms with van der Waals surface area (Å²) < 4.78 is 46.1. The lowest BCUT2D eigenvalue weighted by molar-refractivity contribution is 0.0960. The van der Waals surface area contributed by atoms with E-state index < -0.39 is 15.8 Å². The number of carbonyl (C=O) groups excluding carboxylic acids is 1. The summed E-state index contributed by atoms with van der Waals surface area (Å²) >= 11 is 0.962. The topological polar surface area (TPSA) is 97.4 Å². The Hall–Kier alpha value is -2.20. The number of aromatic nitrogens is 1. The van der Waals surface area contributed by atoms with E-state index in [4.69, 9.17) is 4.74 Å². The highest BCUT2D eigenvalue weighted by atomic mass is 32.2. The molecule has 0 atom stereocenters. The Kier molecular flexibility index (Phi) is 4.91. The second-order valence-electron chi connectivity index (χ2n) is 5.29. The number of thiazole rings is 1. The zero-order valence-electron chi connectivity index (χ0n) is 13.3. The van der Waals surface area contributed by atoms with Crippen LogP contribution in [0, 0.1) is 5.82 Å². The van der Waals surface area contributed by atoms with E-state index in [1.54, 1.807) is 6.92 Å². The van der Waals surface area contributed by atoms with Gasteiger partial charge in [-0.2, -0.15) is 0 Å². The van der Waals surface area contributed by atoms with Gasteiger partial charge in [-0.05, 0) is 38.0 Å². The van der Waals surface area contributed by atoms with E-state index in [2.05, 4.69) is 15.0 Å². The molecule has 1 aliphatic rings. The number of hydrogen-bond acceptors (Lipinski definition) is 6. The summed E-state index contributed by atoms with van der Waals surface area (Å²) in [6, 6.07) is 3.40. The molecule has 0 bridgehead atoms. The Bertz CT molecular complexity index is 911. The number of sulfonamides is 1. The number of nitrogens with one attached hydrogen (secondary N) is 2. The zero-order chi connectivity index (χ0) is 18.0. The molecule has 0 radical (unpaired) electrons. The molecule has 0 saturated heterocycles. The van der Waals surface area contributed by atoms with Crippen molar-refractivity contribution in [2.75, 3.05) is 17.9 Å². The second kappa shape index (κ2) is 6.96. The fourth-order valence-corrected chi connectivity index (χ4v) is 4.55. The molecule has 1 amide bonds. The normalized spacial score (nSPS) is 14.4. The monoisotopic (exact) mass is 385 g/mol. The predicted octanol–water partition coefficient (Wildman–Crippen LogP) is 2.16. The fraction of sp³-hybridized carbons (Fsp3) is 0.333. The molecule has 7 nitrogen and oxygen atoms in total. The summed E-state index contributed by atoms with van der Waals surface area (Å²) in [6.45, 7) is 2.54. The van der Waals surface area contributed by atoms with E-state index in [0.717, 1.165) is 23.8 Å². The van der Waals surface area contributed by atoms with Crippen molar-refractivity contribution in [3.05, 3.63) is 34.6 Å². The lowest BCUT2D eigenvalue weighted by Crippen LogP contribution is -2.21. The maximum Gasteiger partial charge on any atom is 0.263 e. The van der Waals surface area contributed by atoms with E-state index in [-0.39, 0.29) is 28.3 Å². The number of hydrogen-bond donors (Lipinski definition) is 2. The van der Waals surface area contributed by atoms with Crippen LogP contribution in [-0.2, 0) is 16.4 Å². The van der Waals surface area contributed by atoms with Crippen molar-refractivity contribution in [3.63, 3.8) is 0 Å². The predicted molar refractivity (Wildman–Crippen MR) is 91.1 cm³/mol. The first kappa shape index (κ1) is 17.6. The molecule has 1 aromatic heterocycles. The Labute approximate surface area is 148 Å². The van der Waals surface area contributed by atoms with Gasteiger partial charge in [0.05, 0.1) is 17.2 Å². The largest absolute Gasteiger partial charge is 0.491 e. The molecule has 1 aliphatic heterocycles. The molecule has 134 valence electrons. The fourth-order valence-electron chi connectivity index (χ4n) is 2.38. The molecular formula is C15H16FN3O4S2. The zero-order valence-corrected chi connectivity index (χ0v) is 15.0. The van der Waals surface area contributed by atoms with Crippen LogP contribution in [0.15, 0.2) is 23.1 Å². The molecule has 2 heterocycles. The number of ether oxygens (including phenoxy) is 1. The van der Waals surface area contributed by atoms with Gasteiger partial charge in [-0.15, -0.1) is 0 Å². The van der Waals surface area contributed by atoms with Crippen LogP contribution < -0.4 is 14.8 Å². The van der Waals surface area contributed by atoms with Gasteiger partial charge in [-0.3, -0.25) is 9.52 Å². The van der Waals surface area contributed by atoms with Gasteiger partial charge in [0.2, 0.25) is 0 Å². The van der Waals surface area contributed by atoms with E-state index in [0.29, 0.717) is 23.5 Å². The minimum absolute atomic E-state index is 0.0147. The SMILES string of the molecule is CCOc1ccc(S(=O)(=O)Nc2nc3c(s2)C(=O)NCCC3)cc1F. The van der Waals surface area contributed by atoms with Crippen molar-refractivity contribution in [2.24, 2.45) is 0 Å². The minimum atomic E-state index is -4.02. The maximum absolute atomic E-state index is 13.9. The average Bonchev–Trinajstić information content (AvgIpc) is 2.87. The quantitative estimate of drug-likeness (QED) is 0.822. The number of anilines is 1. The molecule has 2 aromatic rings. The molecule has 0 saturated carbocycles. The smallest absolute Gasteiger partial charge is 0.263 e. The number of rotatable bonds is 5. The van der Waals surface area contributed by atoms with E-state index in [1.807, 2.05) is 0 Å².